The highest BCUT2D eigenvalue weighted by Crippen LogP contribution is 2.30. The van der Waals surface area contributed by atoms with Crippen molar-refractivity contribution in [3.63, 3.8) is 0 Å². The minimum absolute atomic E-state index is 0.114. The van der Waals surface area contributed by atoms with E-state index in [2.05, 4.69) is 0 Å². The molecule has 7 nitrogen and oxygen atoms in total. The van der Waals surface area contributed by atoms with E-state index in [1.165, 1.54) is 0 Å². The summed E-state index contributed by atoms with van der Waals surface area (Å²) in [5.41, 5.74) is -0.272. The monoisotopic (exact) mass is 276 g/mol. The summed E-state index contributed by atoms with van der Waals surface area (Å²) in [6, 6.07) is 7.67. The minimum atomic E-state index is -0.607. The molecule has 0 amide bonds. The summed E-state index contributed by atoms with van der Waals surface area (Å²) in [5.74, 6) is 0.931. The van der Waals surface area contributed by atoms with Crippen LogP contribution in [0.2, 0.25) is 0 Å². The lowest BCUT2D eigenvalue weighted by atomic mass is 10.3. The molecule has 7 heteroatoms. The van der Waals surface area contributed by atoms with Gasteiger partial charge in [-0.2, -0.15) is 4.73 Å². The van der Waals surface area contributed by atoms with Gasteiger partial charge in [0, 0.05) is 0 Å². The van der Waals surface area contributed by atoms with Gasteiger partial charge < -0.3 is 14.7 Å². The van der Waals surface area contributed by atoms with Crippen LogP contribution < -0.4 is 14.2 Å². The van der Waals surface area contributed by atoms with Crippen molar-refractivity contribution in [3.05, 3.63) is 58.0 Å². The van der Waals surface area contributed by atoms with Crippen LogP contribution >= 0.6 is 0 Å². The van der Waals surface area contributed by atoms with E-state index < -0.39 is 4.92 Å². The molecule has 0 fully saturated rings. The van der Waals surface area contributed by atoms with Crippen LogP contribution in [0, 0.1) is 15.3 Å². The molecule has 0 aliphatic heterocycles. The molecule has 1 aromatic heterocycles. The molecule has 0 aliphatic carbocycles. The maximum atomic E-state index is 11.2. The molecule has 1 aromatic carbocycles. The lowest BCUT2D eigenvalue weighted by molar-refractivity contribution is -0.606. The maximum absolute atomic E-state index is 11.2. The van der Waals surface area contributed by atoms with Gasteiger partial charge in [-0.3, -0.25) is 10.1 Å². The van der Waals surface area contributed by atoms with Gasteiger partial charge in [0.25, 0.3) is 5.75 Å². The largest absolute Gasteiger partial charge is 0.619 e. The van der Waals surface area contributed by atoms with Crippen LogP contribution in [0.3, 0.4) is 0 Å². The van der Waals surface area contributed by atoms with Crippen LogP contribution in [0.4, 0.5) is 5.69 Å². The molecular weight excluding hydrogens is 264 g/mol. The topological polar surface area (TPSA) is 88.5 Å². The molecule has 1 heterocycles. The molecule has 0 aliphatic rings. The summed E-state index contributed by atoms with van der Waals surface area (Å²) in [6.07, 6.45) is 2.05. The second-order valence-corrected chi connectivity index (χ2v) is 3.82. The third kappa shape index (κ3) is 3.14. The molecule has 0 N–H and O–H groups in total. The highest BCUT2D eigenvalue weighted by Gasteiger charge is 2.19. The Morgan fingerprint density at radius 1 is 1.20 bits per heavy atom. The van der Waals surface area contributed by atoms with Crippen LogP contribution in [0.25, 0.3) is 0 Å². The van der Waals surface area contributed by atoms with Crippen LogP contribution in [-0.4, -0.2) is 11.5 Å². The van der Waals surface area contributed by atoms with E-state index >= 15 is 0 Å². The van der Waals surface area contributed by atoms with Gasteiger partial charge in [0.2, 0.25) is 6.20 Å². The maximum Gasteiger partial charge on any atom is 0.323 e. The summed E-state index contributed by atoms with van der Waals surface area (Å²) in [5, 5.41) is 22.0. The fraction of sp³-hybridized carbons (Fsp3) is 0.154. The van der Waals surface area contributed by atoms with E-state index in [1.807, 2.05) is 6.92 Å². The first-order valence-corrected chi connectivity index (χ1v) is 5.88. The molecule has 0 radical (unpaired) electrons. The van der Waals surface area contributed by atoms with Crippen molar-refractivity contribution in [3.8, 4) is 17.2 Å². The standard InChI is InChI=1S/C13H12N2O5/c1-2-19-10-3-5-11(6-4-10)20-13-9-14(16)8-7-12(13)15(17)18/h3-9H,2H2,1H3. The number of hydrogen-bond acceptors (Lipinski definition) is 5. The van der Waals surface area contributed by atoms with Crippen molar-refractivity contribution < 1.29 is 19.1 Å². The molecule has 0 atom stereocenters. The van der Waals surface area contributed by atoms with E-state index in [4.69, 9.17) is 9.47 Å². The Labute approximate surface area is 114 Å². The van der Waals surface area contributed by atoms with Gasteiger partial charge in [0.1, 0.15) is 11.5 Å². The molecule has 20 heavy (non-hydrogen) atoms. The summed E-state index contributed by atoms with van der Waals surface area (Å²) in [7, 11) is 0. The average Bonchev–Trinajstić information content (AvgIpc) is 2.41. The van der Waals surface area contributed by atoms with E-state index in [0.29, 0.717) is 22.8 Å². The molecular formula is C13H12N2O5. The van der Waals surface area contributed by atoms with Gasteiger partial charge in [-0.25, -0.2) is 0 Å². The van der Waals surface area contributed by atoms with Crippen LogP contribution in [0.5, 0.6) is 17.2 Å². The Bertz CT molecular complexity index is 613. The number of nitrogens with zero attached hydrogens (tertiary/aromatic N) is 2. The summed E-state index contributed by atoms with van der Waals surface area (Å²) >= 11 is 0. The van der Waals surface area contributed by atoms with Crippen molar-refractivity contribution >= 4 is 5.69 Å². The first-order chi connectivity index (χ1) is 9.60. The number of ether oxygens (including phenoxy) is 2. The van der Waals surface area contributed by atoms with Crippen molar-refractivity contribution in [1.82, 2.24) is 0 Å². The van der Waals surface area contributed by atoms with E-state index in [9.17, 15) is 15.3 Å². The second-order valence-electron chi connectivity index (χ2n) is 3.82. The Morgan fingerprint density at radius 3 is 2.45 bits per heavy atom. The molecule has 0 unspecified atom stereocenters. The van der Waals surface area contributed by atoms with Crippen LogP contribution in [0.15, 0.2) is 42.7 Å². The second kappa shape index (κ2) is 5.87. The van der Waals surface area contributed by atoms with E-state index in [0.717, 1.165) is 18.5 Å². The van der Waals surface area contributed by atoms with Crippen LogP contribution in [-0.2, 0) is 0 Å². The van der Waals surface area contributed by atoms with Crippen molar-refractivity contribution in [2.24, 2.45) is 0 Å². The predicted molar refractivity (Wildman–Crippen MR) is 69.7 cm³/mol. The minimum Gasteiger partial charge on any atom is -0.619 e. The van der Waals surface area contributed by atoms with Gasteiger partial charge in [0.05, 0.1) is 17.6 Å². The third-order valence-corrected chi connectivity index (χ3v) is 2.44. The van der Waals surface area contributed by atoms with Crippen molar-refractivity contribution in [1.29, 1.82) is 0 Å². The normalized spacial score (nSPS) is 10.1. The van der Waals surface area contributed by atoms with E-state index in [-0.39, 0.29) is 11.4 Å². The summed E-state index contributed by atoms with van der Waals surface area (Å²) in [4.78, 5) is 10.2. The molecule has 0 bridgehead atoms. The van der Waals surface area contributed by atoms with Gasteiger partial charge in [-0.1, -0.05) is 0 Å². The molecule has 0 saturated heterocycles. The SMILES string of the molecule is CCOc1ccc(Oc2c[n+]([O-])ccc2[N+](=O)[O-])cc1. The Morgan fingerprint density at radius 2 is 1.85 bits per heavy atom. The lowest BCUT2D eigenvalue weighted by Crippen LogP contribution is -2.24. The average molecular weight is 276 g/mol. The number of rotatable bonds is 5. The first kappa shape index (κ1) is 13.6. The fourth-order valence-electron chi connectivity index (χ4n) is 1.58. The zero-order valence-electron chi connectivity index (χ0n) is 10.7. The number of hydrogen-bond donors (Lipinski definition) is 0. The fourth-order valence-corrected chi connectivity index (χ4v) is 1.58. The van der Waals surface area contributed by atoms with E-state index in [1.54, 1.807) is 24.3 Å². The predicted octanol–water partition coefficient (Wildman–Crippen LogP) is 2.42. The number of benzene rings is 1. The molecule has 0 spiro atoms. The molecule has 2 rings (SSSR count). The smallest absolute Gasteiger partial charge is 0.323 e. The molecule has 2 aromatic rings. The number of aromatic nitrogens is 1. The quantitative estimate of drug-likeness (QED) is 0.362. The molecule has 0 saturated carbocycles. The van der Waals surface area contributed by atoms with Crippen molar-refractivity contribution in [2.75, 3.05) is 6.61 Å². The summed E-state index contributed by atoms with van der Waals surface area (Å²) < 4.78 is 11.1. The zero-order chi connectivity index (χ0) is 14.5. The van der Waals surface area contributed by atoms with Crippen LogP contribution in [0.1, 0.15) is 6.92 Å². The van der Waals surface area contributed by atoms with Gasteiger partial charge in [0.15, 0.2) is 6.20 Å². The van der Waals surface area contributed by atoms with Crippen molar-refractivity contribution in [2.45, 2.75) is 6.92 Å². The highest BCUT2D eigenvalue weighted by molar-refractivity contribution is 5.45. The van der Waals surface area contributed by atoms with Gasteiger partial charge in [-0.15, -0.1) is 0 Å². The third-order valence-electron chi connectivity index (χ3n) is 2.44. The Kier molecular flexibility index (Phi) is 3.99. The Balaban J connectivity index is 2.25. The lowest BCUT2D eigenvalue weighted by Gasteiger charge is -2.07. The zero-order valence-corrected chi connectivity index (χ0v) is 10.7. The summed E-state index contributed by atoms with van der Waals surface area (Å²) in [6.45, 7) is 2.41. The highest BCUT2D eigenvalue weighted by atomic mass is 16.6. The Hall–Kier alpha value is -2.83. The number of nitro groups is 1. The molecule has 104 valence electrons. The van der Waals surface area contributed by atoms with Gasteiger partial charge in [-0.05, 0) is 31.2 Å². The number of pyridine rings is 1. The van der Waals surface area contributed by atoms with Gasteiger partial charge >= 0.3 is 5.69 Å². The first-order valence-electron chi connectivity index (χ1n) is 5.88.